The first kappa shape index (κ1) is 15.2. The summed E-state index contributed by atoms with van der Waals surface area (Å²) in [5.74, 6) is 1.56. The van der Waals surface area contributed by atoms with Crippen LogP contribution in [0, 0.1) is 17.7 Å². The van der Waals surface area contributed by atoms with Gasteiger partial charge in [0.25, 0.3) is 0 Å². The second-order valence-electron chi connectivity index (χ2n) is 8.34. The summed E-state index contributed by atoms with van der Waals surface area (Å²) in [5, 5.41) is 3.50. The summed E-state index contributed by atoms with van der Waals surface area (Å²) in [5.41, 5.74) is 2.52. The number of nitrogens with zero attached hydrogens (tertiary/aromatic N) is 1. The average Bonchev–Trinajstić information content (AvgIpc) is 2.92. The van der Waals surface area contributed by atoms with Gasteiger partial charge in [0.05, 0.1) is 6.10 Å². The number of ether oxygens (including phenoxy) is 1. The molecule has 4 aliphatic rings. The van der Waals surface area contributed by atoms with Crippen molar-refractivity contribution < 1.29 is 9.13 Å². The quantitative estimate of drug-likeness (QED) is 0.899. The highest BCUT2D eigenvalue weighted by atomic mass is 19.1. The molecule has 130 valence electrons. The molecule has 1 aliphatic carbocycles. The molecule has 1 unspecified atom stereocenters. The van der Waals surface area contributed by atoms with Crippen LogP contribution in [0.25, 0.3) is 0 Å². The average molecular weight is 330 g/mol. The van der Waals surface area contributed by atoms with Gasteiger partial charge in [0.2, 0.25) is 0 Å². The van der Waals surface area contributed by atoms with Gasteiger partial charge in [-0.2, -0.15) is 0 Å². The lowest BCUT2D eigenvalue weighted by Gasteiger charge is -2.50. The Morgan fingerprint density at radius 2 is 2.17 bits per heavy atom. The molecule has 3 atom stereocenters. The maximum atomic E-state index is 13.7. The van der Waals surface area contributed by atoms with Crippen LogP contribution in [0.3, 0.4) is 0 Å². The molecule has 1 spiro atoms. The van der Waals surface area contributed by atoms with Gasteiger partial charge in [-0.15, -0.1) is 0 Å². The van der Waals surface area contributed by atoms with Crippen molar-refractivity contribution in [2.24, 2.45) is 11.8 Å². The number of halogens is 1. The van der Waals surface area contributed by atoms with Crippen molar-refractivity contribution in [3.8, 4) is 0 Å². The lowest BCUT2D eigenvalue weighted by molar-refractivity contribution is -0.127. The van der Waals surface area contributed by atoms with Crippen molar-refractivity contribution in [1.82, 2.24) is 4.90 Å². The summed E-state index contributed by atoms with van der Waals surface area (Å²) in [6, 6.07) is 5.24. The van der Waals surface area contributed by atoms with Gasteiger partial charge in [-0.25, -0.2) is 4.39 Å². The van der Waals surface area contributed by atoms with E-state index in [1.165, 1.54) is 31.4 Å². The summed E-state index contributed by atoms with van der Waals surface area (Å²) >= 11 is 0. The van der Waals surface area contributed by atoms with Crippen molar-refractivity contribution in [1.29, 1.82) is 0 Å². The number of fused-ring (bicyclic) bond motifs is 3. The number of piperidine rings is 1. The fourth-order valence-corrected chi connectivity index (χ4v) is 5.54. The van der Waals surface area contributed by atoms with Crippen molar-refractivity contribution in [3.05, 3.63) is 29.6 Å². The van der Waals surface area contributed by atoms with Gasteiger partial charge in [0, 0.05) is 30.8 Å². The van der Waals surface area contributed by atoms with Crippen LogP contribution in [-0.4, -0.2) is 43.8 Å². The molecule has 3 fully saturated rings. The Balaban J connectivity index is 1.22. The fourth-order valence-electron chi connectivity index (χ4n) is 5.54. The molecule has 0 aromatic heterocycles. The Kier molecular flexibility index (Phi) is 3.60. The maximum Gasteiger partial charge on any atom is 0.123 e. The van der Waals surface area contributed by atoms with Crippen LogP contribution in [0.4, 0.5) is 10.1 Å². The summed E-state index contributed by atoms with van der Waals surface area (Å²) in [6.07, 6.45) is 6.73. The SMILES string of the molecule is Fc1ccc2c(c1)C1(CCN(C[C@H]3CC4OCCC[C@@H]43)CC1)CN2. The Morgan fingerprint density at radius 3 is 3.00 bits per heavy atom. The zero-order chi connectivity index (χ0) is 16.1. The van der Waals surface area contributed by atoms with Crippen LogP contribution in [0.15, 0.2) is 18.2 Å². The van der Waals surface area contributed by atoms with Crippen molar-refractivity contribution in [2.75, 3.05) is 38.1 Å². The van der Waals surface area contributed by atoms with E-state index in [0.717, 1.165) is 56.6 Å². The van der Waals surface area contributed by atoms with E-state index in [2.05, 4.69) is 10.2 Å². The summed E-state index contributed by atoms with van der Waals surface area (Å²) in [7, 11) is 0. The minimum absolute atomic E-state index is 0.0999. The van der Waals surface area contributed by atoms with E-state index in [4.69, 9.17) is 4.74 Å². The predicted molar refractivity (Wildman–Crippen MR) is 92.8 cm³/mol. The van der Waals surface area contributed by atoms with E-state index >= 15 is 0 Å². The highest BCUT2D eigenvalue weighted by molar-refractivity contribution is 5.60. The van der Waals surface area contributed by atoms with E-state index in [0.29, 0.717) is 6.10 Å². The van der Waals surface area contributed by atoms with Gasteiger partial charge in [-0.05, 0) is 80.8 Å². The molecule has 4 heteroatoms. The minimum Gasteiger partial charge on any atom is -0.384 e. The monoisotopic (exact) mass is 330 g/mol. The Labute approximate surface area is 143 Å². The molecule has 1 saturated carbocycles. The van der Waals surface area contributed by atoms with Crippen LogP contribution < -0.4 is 5.32 Å². The van der Waals surface area contributed by atoms with Crippen molar-refractivity contribution in [2.45, 2.75) is 43.6 Å². The van der Waals surface area contributed by atoms with Gasteiger partial charge in [0.1, 0.15) is 5.82 Å². The molecule has 3 aliphatic heterocycles. The molecule has 0 amide bonds. The van der Waals surface area contributed by atoms with Crippen LogP contribution in [-0.2, 0) is 10.2 Å². The standard InChI is InChI=1S/C20H27FN2O/c21-15-3-4-18-17(11-15)20(13-22-18)5-7-23(8-6-20)12-14-10-19-16(14)2-1-9-24-19/h3-4,11,14,16,19,22H,1-2,5-10,12-13H2/t14-,16-,19?/m1/s1. The van der Waals surface area contributed by atoms with E-state index in [-0.39, 0.29) is 11.2 Å². The molecular formula is C20H27FN2O. The molecule has 2 saturated heterocycles. The van der Waals surface area contributed by atoms with Crippen LogP contribution in [0.5, 0.6) is 0 Å². The van der Waals surface area contributed by atoms with Crippen molar-refractivity contribution in [3.63, 3.8) is 0 Å². The number of rotatable bonds is 2. The number of nitrogens with one attached hydrogen (secondary N) is 1. The lowest BCUT2D eigenvalue weighted by Crippen LogP contribution is -2.52. The third-order valence-electron chi connectivity index (χ3n) is 7.11. The first-order chi connectivity index (χ1) is 11.7. The second kappa shape index (κ2) is 5.70. The number of hydrogen-bond acceptors (Lipinski definition) is 3. The number of likely N-dealkylation sites (tertiary alicyclic amines) is 1. The molecule has 24 heavy (non-hydrogen) atoms. The zero-order valence-electron chi connectivity index (χ0n) is 14.3. The Bertz CT molecular complexity index is 626. The second-order valence-corrected chi connectivity index (χ2v) is 8.34. The fraction of sp³-hybridized carbons (Fsp3) is 0.700. The first-order valence-corrected chi connectivity index (χ1v) is 9.61. The number of anilines is 1. The first-order valence-electron chi connectivity index (χ1n) is 9.61. The normalized spacial score (nSPS) is 34.3. The van der Waals surface area contributed by atoms with Crippen LogP contribution in [0.2, 0.25) is 0 Å². The number of benzene rings is 1. The highest BCUT2D eigenvalue weighted by Crippen LogP contribution is 2.46. The third-order valence-corrected chi connectivity index (χ3v) is 7.11. The molecular weight excluding hydrogens is 303 g/mol. The molecule has 1 aromatic rings. The van der Waals surface area contributed by atoms with Crippen molar-refractivity contribution >= 4 is 5.69 Å². The maximum absolute atomic E-state index is 13.7. The Morgan fingerprint density at radius 1 is 1.29 bits per heavy atom. The topological polar surface area (TPSA) is 24.5 Å². The van der Waals surface area contributed by atoms with Gasteiger partial charge in [0.15, 0.2) is 0 Å². The van der Waals surface area contributed by atoms with Gasteiger partial charge < -0.3 is 15.0 Å². The van der Waals surface area contributed by atoms with Crippen LogP contribution in [0.1, 0.15) is 37.7 Å². The molecule has 1 N–H and O–H groups in total. The summed E-state index contributed by atoms with van der Waals surface area (Å²) in [6.45, 7) is 5.48. The molecule has 3 nitrogen and oxygen atoms in total. The third kappa shape index (κ3) is 2.38. The van der Waals surface area contributed by atoms with Crippen LogP contribution >= 0.6 is 0 Å². The van der Waals surface area contributed by atoms with Gasteiger partial charge in [-0.1, -0.05) is 0 Å². The summed E-state index contributed by atoms with van der Waals surface area (Å²) in [4.78, 5) is 2.65. The van der Waals surface area contributed by atoms with E-state index in [1.54, 1.807) is 12.1 Å². The smallest absolute Gasteiger partial charge is 0.123 e. The van der Waals surface area contributed by atoms with E-state index in [9.17, 15) is 4.39 Å². The van der Waals surface area contributed by atoms with Gasteiger partial charge in [-0.3, -0.25) is 0 Å². The largest absolute Gasteiger partial charge is 0.384 e. The van der Waals surface area contributed by atoms with Gasteiger partial charge >= 0.3 is 0 Å². The van der Waals surface area contributed by atoms with E-state index < -0.39 is 0 Å². The molecule has 5 rings (SSSR count). The molecule has 3 heterocycles. The lowest BCUT2D eigenvalue weighted by atomic mass is 9.67. The minimum atomic E-state index is -0.0999. The molecule has 0 bridgehead atoms. The number of hydrogen-bond donors (Lipinski definition) is 1. The highest BCUT2D eigenvalue weighted by Gasteiger charge is 2.46. The molecule has 0 radical (unpaired) electrons. The Hall–Kier alpha value is -1.13. The van der Waals surface area contributed by atoms with E-state index in [1.807, 2.05) is 6.07 Å². The zero-order valence-corrected chi connectivity index (χ0v) is 14.3. The predicted octanol–water partition coefficient (Wildman–Crippen LogP) is 3.40. The summed E-state index contributed by atoms with van der Waals surface area (Å²) < 4.78 is 19.6. The molecule has 1 aromatic carbocycles.